The van der Waals surface area contributed by atoms with E-state index in [4.69, 9.17) is 0 Å². The second-order valence-electron chi connectivity index (χ2n) is 16.3. The maximum absolute atomic E-state index is 17.0. The van der Waals surface area contributed by atoms with Crippen LogP contribution in [-0.2, 0) is 0 Å². The fourth-order valence-electron chi connectivity index (χ4n) is 9.66. The highest BCUT2D eigenvalue weighted by Crippen LogP contribution is 2.46. The predicted molar refractivity (Wildman–Crippen MR) is 265 cm³/mol. The smallest absolute Gasteiger partial charge is 0.148 e. The number of hydrogen-bond acceptors (Lipinski definition) is 1. The molecule has 0 saturated heterocycles. The second kappa shape index (κ2) is 15.0. The molecule has 12 rings (SSSR count). The van der Waals surface area contributed by atoms with Gasteiger partial charge in [-0.05, 0) is 127 Å². The standard InChI is InChI=1S/C60H39FN2/c61-55-39-47(41-14-5-1-6-15-41)38-54(42-16-7-2-8-17-42)60(55)62(48-19-9-3-10-20-48)50-31-34-52-46(37-50)28-27-45-36-40(25-32-51(45)52)24-26-43-30-35-57-59-53(43)33-29-44-18-13-23-56(58(44)59)63(57)49-21-11-4-12-22-49/h1-39H. The first-order valence-corrected chi connectivity index (χ1v) is 21.4. The quantitative estimate of drug-likeness (QED) is 0.110. The fourth-order valence-corrected chi connectivity index (χ4v) is 9.66. The van der Waals surface area contributed by atoms with Crippen LogP contribution in [0, 0.1) is 5.82 Å². The molecule has 0 aliphatic carbocycles. The molecule has 63 heavy (non-hydrogen) atoms. The highest BCUT2D eigenvalue weighted by Gasteiger charge is 2.23. The van der Waals surface area contributed by atoms with Crippen molar-refractivity contribution in [3.63, 3.8) is 0 Å². The summed E-state index contributed by atoms with van der Waals surface area (Å²) in [7, 11) is 0. The average molecular weight is 807 g/mol. The Bertz CT molecular complexity index is 3670. The van der Waals surface area contributed by atoms with Crippen LogP contribution in [0.4, 0.5) is 21.5 Å². The molecule has 0 bridgehead atoms. The Kier molecular flexibility index (Phi) is 8.72. The number of rotatable bonds is 8. The zero-order valence-electron chi connectivity index (χ0n) is 34.3. The number of para-hydroxylation sites is 2. The molecule has 0 radical (unpaired) electrons. The van der Waals surface area contributed by atoms with Gasteiger partial charge in [0.05, 0.1) is 16.7 Å². The number of benzene rings is 11. The summed E-state index contributed by atoms with van der Waals surface area (Å²) in [6.45, 7) is 0. The van der Waals surface area contributed by atoms with Crippen LogP contribution in [0.25, 0.3) is 94.2 Å². The van der Waals surface area contributed by atoms with E-state index in [1.54, 1.807) is 6.07 Å². The van der Waals surface area contributed by atoms with E-state index in [0.717, 1.165) is 50.0 Å². The summed E-state index contributed by atoms with van der Waals surface area (Å²) < 4.78 is 19.4. The molecule has 296 valence electrons. The molecule has 11 aromatic carbocycles. The van der Waals surface area contributed by atoms with Crippen LogP contribution in [0.5, 0.6) is 0 Å². The normalized spacial score (nSPS) is 11.8. The van der Waals surface area contributed by atoms with Gasteiger partial charge in [0.2, 0.25) is 0 Å². The molecule has 0 aliphatic rings. The van der Waals surface area contributed by atoms with Crippen LogP contribution in [0.3, 0.4) is 0 Å². The number of fused-ring (bicyclic) bond motifs is 3. The van der Waals surface area contributed by atoms with Gasteiger partial charge < -0.3 is 9.47 Å². The van der Waals surface area contributed by atoms with Gasteiger partial charge in [-0.25, -0.2) is 4.39 Å². The van der Waals surface area contributed by atoms with Crippen molar-refractivity contribution >= 4 is 83.3 Å². The molecule has 0 amide bonds. The summed E-state index contributed by atoms with van der Waals surface area (Å²) in [6.07, 6.45) is 4.48. The zero-order valence-corrected chi connectivity index (χ0v) is 34.3. The van der Waals surface area contributed by atoms with Gasteiger partial charge in [0.25, 0.3) is 0 Å². The first-order chi connectivity index (χ1) is 31.2. The van der Waals surface area contributed by atoms with Crippen molar-refractivity contribution in [1.82, 2.24) is 4.57 Å². The van der Waals surface area contributed by atoms with E-state index in [1.807, 2.05) is 78.9 Å². The van der Waals surface area contributed by atoms with Gasteiger partial charge >= 0.3 is 0 Å². The molecule has 12 aromatic rings. The summed E-state index contributed by atoms with van der Waals surface area (Å²) in [5.74, 6) is -0.290. The first-order valence-electron chi connectivity index (χ1n) is 21.4. The number of nitrogens with zero attached hydrogens (tertiary/aromatic N) is 2. The highest BCUT2D eigenvalue weighted by molar-refractivity contribution is 6.25. The molecule has 0 fully saturated rings. The number of halogens is 1. The summed E-state index contributed by atoms with van der Waals surface area (Å²) in [5.41, 5.74) is 11.8. The van der Waals surface area contributed by atoms with Crippen molar-refractivity contribution in [1.29, 1.82) is 0 Å². The second-order valence-corrected chi connectivity index (χ2v) is 16.3. The van der Waals surface area contributed by atoms with E-state index in [2.05, 4.69) is 161 Å². The third kappa shape index (κ3) is 6.25. The van der Waals surface area contributed by atoms with Crippen LogP contribution >= 0.6 is 0 Å². The minimum atomic E-state index is -0.290. The molecule has 0 spiro atoms. The SMILES string of the molecule is Fc1cc(-c2ccccc2)cc(-c2ccccc2)c1N(c1ccccc1)c1ccc2c(ccc3cc(C=Cc4ccc5c6c4ccc4cccc(c46)n5-c4ccccc4)ccc32)c1. The maximum atomic E-state index is 17.0. The molecule has 0 atom stereocenters. The first kappa shape index (κ1) is 36.6. The number of aromatic nitrogens is 1. The summed E-state index contributed by atoms with van der Waals surface area (Å²) in [6, 6.07) is 77.9. The Labute approximate surface area is 365 Å². The van der Waals surface area contributed by atoms with E-state index < -0.39 is 0 Å². The van der Waals surface area contributed by atoms with Gasteiger partial charge in [0.1, 0.15) is 5.82 Å². The molecule has 1 aromatic heterocycles. The molecule has 3 heteroatoms. The molecule has 2 nitrogen and oxygen atoms in total. The molecule has 0 N–H and O–H groups in total. The largest absolute Gasteiger partial charge is 0.309 e. The minimum absolute atomic E-state index is 0.290. The van der Waals surface area contributed by atoms with Gasteiger partial charge in [0, 0.05) is 33.4 Å². The Morgan fingerprint density at radius 2 is 1.03 bits per heavy atom. The molecular formula is C60H39FN2. The van der Waals surface area contributed by atoms with Gasteiger partial charge in [-0.3, -0.25) is 0 Å². The monoisotopic (exact) mass is 806 g/mol. The molecule has 0 aliphatic heterocycles. The van der Waals surface area contributed by atoms with E-state index in [0.29, 0.717) is 5.69 Å². The van der Waals surface area contributed by atoms with E-state index in [1.165, 1.54) is 54.6 Å². The van der Waals surface area contributed by atoms with Crippen molar-refractivity contribution < 1.29 is 4.39 Å². The van der Waals surface area contributed by atoms with Crippen LogP contribution in [0.15, 0.2) is 224 Å². The van der Waals surface area contributed by atoms with Gasteiger partial charge in [0.15, 0.2) is 0 Å². The average Bonchev–Trinajstić information content (AvgIpc) is 3.69. The fraction of sp³-hybridized carbons (Fsp3) is 0. The lowest BCUT2D eigenvalue weighted by molar-refractivity contribution is 0.630. The van der Waals surface area contributed by atoms with Gasteiger partial charge in [-0.2, -0.15) is 0 Å². The van der Waals surface area contributed by atoms with Crippen LogP contribution in [0.2, 0.25) is 0 Å². The third-order valence-electron chi connectivity index (χ3n) is 12.6. The summed E-state index contributed by atoms with van der Waals surface area (Å²) >= 11 is 0. The van der Waals surface area contributed by atoms with Crippen molar-refractivity contribution in [2.24, 2.45) is 0 Å². The Hall–Kier alpha value is -8.27. The van der Waals surface area contributed by atoms with E-state index >= 15 is 4.39 Å². The van der Waals surface area contributed by atoms with Crippen LogP contribution in [0.1, 0.15) is 11.1 Å². The topological polar surface area (TPSA) is 8.17 Å². The van der Waals surface area contributed by atoms with Crippen LogP contribution < -0.4 is 4.90 Å². The minimum Gasteiger partial charge on any atom is -0.309 e. The Morgan fingerprint density at radius 1 is 0.397 bits per heavy atom. The van der Waals surface area contributed by atoms with Crippen molar-refractivity contribution in [2.75, 3.05) is 4.90 Å². The predicted octanol–water partition coefficient (Wildman–Crippen LogP) is 16.8. The van der Waals surface area contributed by atoms with Crippen molar-refractivity contribution in [2.45, 2.75) is 0 Å². The van der Waals surface area contributed by atoms with Gasteiger partial charge in [-0.1, -0.05) is 170 Å². The van der Waals surface area contributed by atoms with E-state index in [-0.39, 0.29) is 5.82 Å². The van der Waals surface area contributed by atoms with Crippen molar-refractivity contribution in [3.05, 3.63) is 241 Å². The third-order valence-corrected chi connectivity index (χ3v) is 12.6. The molecule has 0 saturated carbocycles. The number of hydrogen-bond donors (Lipinski definition) is 0. The molecular weight excluding hydrogens is 768 g/mol. The summed E-state index contributed by atoms with van der Waals surface area (Å²) in [5, 5.41) is 9.67. The highest BCUT2D eigenvalue weighted by atomic mass is 19.1. The molecule has 1 heterocycles. The van der Waals surface area contributed by atoms with Crippen molar-refractivity contribution in [3.8, 4) is 27.9 Å². The lowest BCUT2D eigenvalue weighted by Gasteiger charge is -2.29. The lowest BCUT2D eigenvalue weighted by Crippen LogP contribution is -2.13. The number of anilines is 3. The lowest BCUT2D eigenvalue weighted by atomic mass is 9.95. The van der Waals surface area contributed by atoms with Gasteiger partial charge in [-0.15, -0.1) is 0 Å². The van der Waals surface area contributed by atoms with E-state index in [9.17, 15) is 0 Å². The summed E-state index contributed by atoms with van der Waals surface area (Å²) in [4.78, 5) is 2.06. The molecule has 0 unspecified atom stereocenters. The van der Waals surface area contributed by atoms with Crippen LogP contribution in [-0.4, -0.2) is 4.57 Å². The Morgan fingerprint density at radius 3 is 1.79 bits per heavy atom. The Balaban J connectivity index is 0.931. The zero-order chi connectivity index (χ0) is 41.9. The maximum Gasteiger partial charge on any atom is 0.148 e.